The molecule has 1 atom stereocenters. The van der Waals surface area contributed by atoms with Crippen molar-refractivity contribution in [3.8, 4) is 0 Å². The molecule has 0 saturated carbocycles. The van der Waals surface area contributed by atoms with Gasteiger partial charge in [0.25, 0.3) is 10.2 Å². The van der Waals surface area contributed by atoms with Crippen molar-refractivity contribution in [2.75, 3.05) is 26.7 Å². The van der Waals surface area contributed by atoms with Crippen LogP contribution in [-0.4, -0.2) is 49.1 Å². The molecule has 0 rings (SSSR count). The molecule has 0 aliphatic carbocycles. The summed E-state index contributed by atoms with van der Waals surface area (Å²) in [6, 6.07) is 0. The molecule has 0 aromatic carbocycles. The van der Waals surface area contributed by atoms with Gasteiger partial charge in [-0.2, -0.15) is 17.0 Å². The first-order valence-electron chi connectivity index (χ1n) is 5.21. The minimum absolute atomic E-state index is 0.000599. The van der Waals surface area contributed by atoms with Crippen LogP contribution in [0.4, 0.5) is 0 Å². The van der Waals surface area contributed by atoms with Gasteiger partial charge >= 0.3 is 0 Å². The lowest BCUT2D eigenvalue weighted by atomic mass is 10.3. The topological polar surface area (TPSA) is 40.6 Å². The lowest BCUT2D eigenvalue weighted by Crippen LogP contribution is -2.42. The second-order valence-electron chi connectivity index (χ2n) is 3.48. The summed E-state index contributed by atoms with van der Waals surface area (Å²) >= 11 is 5.78. The lowest BCUT2D eigenvalue weighted by molar-refractivity contribution is 0.374. The number of rotatable bonds is 7. The van der Waals surface area contributed by atoms with Crippen LogP contribution in [0.3, 0.4) is 0 Å². The SMILES string of the molecule is CCN(CC)S(=O)(=O)N(C)CCC(C)Cl. The van der Waals surface area contributed by atoms with E-state index in [9.17, 15) is 8.42 Å². The first-order chi connectivity index (χ1) is 6.86. The van der Waals surface area contributed by atoms with Crippen molar-refractivity contribution < 1.29 is 8.42 Å². The van der Waals surface area contributed by atoms with Crippen LogP contribution in [0.15, 0.2) is 0 Å². The average molecular weight is 257 g/mol. The van der Waals surface area contributed by atoms with Crippen molar-refractivity contribution in [1.29, 1.82) is 0 Å². The van der Waals surface area contributed by atoms with Crippen LogP contribution >= 0.6 is 11.6 Å². The molecule has 0 aromatic heterocycles. The van der Waals surface area contributed by atoms with E-state index < -0.39 is 10.2 Å². The van der Waals surface area contributed by atoms with E-state index in [1.54, 1.807) is 7.05 Å². The van der Waals surface area contributed by atoms with Crippen LogP contribution < -0.4 is 0 Å². The van der Waals surface area contributed by atoms with E-state index in [0.717, 1.165) is 0 Å². The van der Waals surface area contributed by atoms with Gasteiger partial charge in [-0.1, -0.05) is 13.8 Å². The Kier molecular flexibility index (Phi) is 6.75. The lowest BCUT2D eigenvalue weighted by Gasteiger charge is -2.25. The summed E-state index contributed by atoms with van der Waals surface area (Å²) in [5.41, 5.74) is 0. The normalized spacial score (nSPS) is 14.9. The van der Waals surface area contributed by atoms with Crippen molar-refractivity contribution in [2.45, 2.75) is 32.6 Å². The van der Waals surface area contributed by atoms with Crippen LogP contribution in [0.25, 0.3) is 0 Å². The first kappa shape index (κ1) is 15.2. The highest BCUT2D eigenvalue weighted by molar-refractivity contribution is 7.86. The summed E-state index contributed by atoms with van der Waals surface area (Å²) in [6.45, 7) is 6.99. The van der Waals surface area contributed by atoms with Crippen LogP contribution in [0.2, 0.25) is 0 Å². The Balaban J connectivity index is 4.44. The molecule has 1 unspecified atom stereocenters. The number of hydrogen-bond donors (Lipinski definition) is 0. The van der Waals surface area contributed by atoms with E-state index in [1.807, 2.05) is 20.8 Å². The third-order valence-electron chi connectivity index (χ3n) is 2.27. The Hall–Kier alpha value is 0.160. The molecule has 0 aliphatic heterocycles. The molecule has 0 fully saturated rings. The molecule has 0 spiro atoms. The molecular formula is C9H21ClN2O2S. The molecule has 0 heterocycles. The van der Waals surface area contributed by atoms with Crippen molar-refractivity contribution in [1.82, 2.24) is 8.61 Å². The van der Waals surface area contributed by atoms with E-state index in [1.165, 1.54) is 8.61 Å². The van der Waals surface area contributed by atoms with Gasteiger partial charge < -0.3 is 0 Å². The fourth-order valence-corrected chi connectivity index (χ4v) is 2.70. The Bertz CT molecular complexity index is 263. The maximum atomic E-state index is 11.9. The summed E-state index contributed by atoms with van der Waals surface area (Å²) in [5.74, 6) is 0. The third kappa shape index (κ3) is 4.68. The van der Waals surface area contributed by atoms with Crippen molar-refractivity contribution >= 4 is 21.8 Å². The second-order valence-corrected chi connectivity index (χ2v) is 6.26. The van der Waals surface area contributed by atoms with E-state index in [-0.39, 0.29) is 5.38 Å². The summed E-state index contributed by atoms with van der Waals surface area (Å²) in [5, 5.41) is -0.000599. The maximum Gasteiger partial charge on any atom is 0.281 e. The van der Waals surface area contributed by atoms with Gasteiger partial charge in [-0.3, -0.25) is 0 Å². The van der Waals surface area contributed by atoms with Crippen LogP contribution in [0, 0.1) is 0 Å². The molecule has 0 aromatic rings. The van der Waals surface area contributed by atoms with Gasteiger partial charge in [0.2, 0.25) is 0 Å². The van der Waals surface area contributed by atoms with Crippen LogP contribution in [0.5, 0.6) is 0 Å². The standard InChI is InChI=1S/C9H21ClN2O2S/c1-5-12(6-2)15(13,14)11(4)8-7-9(3)10/h9H,5-8H2,1-4H3. The summed E-state index contributed by atoms with van der Waals surface area (Å²) in [4.78, 5) is 0. The van der Waals surface area contributed by atoms with Crippen molar-refractivity contribution in [2.24, 2.45) is 0 Å². The van der Waals surface area contributed by atoms with Crippen molar-refractivity contribution in [3.05, 3.63) is 0 Å². The Morgan fingerprint density at radius 2 is 1.73 bits per heavy atom. The van der Waals surface area contributed by atoms with Crippen LogP contribution in [0.1, 0.15) is 27.2 Å². The molecule has 0 saturated heterocycles. The molecule has 15 heavy (non-hydrogen) atoms. The van der Waals surface area contributed by atoms with Crippen LogP contribution in [-0.2, 0) is 10.2 Å². The zero-order chi connectivity index (χ0) is 12.1. The number of nitrogens with zero attached hydrogens (tertiary/aromatic N) is 2. The summed E-state index contributed by atoms with van der Waals surface area (Å²) < 4.78 is 26.6. The molecule has 0 radical (unpaired) electrons. The monoisotopic (exact) mass is 256 g/mol. The fraction of sp³-hybridized carbons (Fsp3) is 1.00. The van der Waals surface area contributed by atoms with Gasteiger partial charge in [-0.05, 0) is 13.3 Å². The Labute approximate surface area is 98.4 Å². The smallest absolute Gasteiger partial charge is 0.195 e. The zero-order valence-corrected chi connectivity index (χ0v) is 11.5. The molecule has 0 bridgehead atoms. The highest BCUT2D eigenvalue weighted by atomic mass is 35.5. The van der Waals surface area contributed by atoms with Gasteiger partial charge in [0.15, 0.2) is 0 Å². The van der Waals surface area contributed by atoms with Gasteiger partial charge in [-0.15, -0.1) is 11.6 Å². The molecular weight excluding hydrogens is 236 g/mol. The molecule has 0 aliphatic rings. The quantitative estimate of drug-likeness (QED) is 0.648. The fourth-order valence-electron chi connectivity index (χ4n) is 1.22. The molecule has 92 valence electrons. The van der Waals surface area contributed by atoms with Crippen molar-refractivity contribution in [3.63, 3.8) is 0 Å². The first-order valence-corrected chi connectivity index (χ1v) is 7.05. The van der Waals surface area contributed by atoms with E-state index in [2.05, 4.69) is 0 Å². The minimum atomic E-state index is -3.29. The highest BCUT2D eigenvalue weighted by Crippen LogP contribution is 2.08. The van der Waals surface area contributed by atoms with Gasteiger partial charge in [0, 0.05) is 32.1 Å². The predicted molar refractivity (Wildman–Crippen MR) is 64.4 cm³/mol. The minimum Gasteiger partial charge on any atom is -0.195 e. The van der Waals surface area contributed by atoms with Gasteiger partial charge in [0.05, 0.1) is 0 Å². The number of halogens is 1. The summed E-state index contributed by atoms with van der Waals surface area (Å²) in [6.07, 6.45) is 0.665. The van der Waals surface area contributed by atoms with E-state index in [4.69, 9.17) is 11.6 Å². The van der Waals surface area contributed by atoms with E-state index >= 15 is 0 Å². The highest BCUT2D eigenvalue weighted by Gasteiger charge is 2.23. The third-order valence-corrected chi connectivity index (χ3v) is 4.62. The Morgan fingerprint density at radius 1 is 1.27 bits per heavy atom. The average Bonchev–Trinajstić information content (AvgIpc) is 2.15. The molecule has 6 heteroatoms. The molecule has 0 N–H and O–H groups in total. The maximum absolute atomic E-state index is 11.9. The predicted octanol–water partition coefficient (Wildman–Crippen LogP) is 1.52. The number of hydrogen-bond acceptors (Lipinski definition) is 2. The largest absolute Gasteiger partial charge is 0.281 e. The Morgan fingerprint density at radius 3 is 2.07 bits per heavy atom. The molecule has 4 nitrogen and oxygen atoms in total. The number of alkyl halides is 1. The summed E-state index contributed by atoms with van der Waals surface area (Å²) in [7, 11) is -1.70. The van der Waals surface area contributed by atoms with Gasteiger partial charge in [-0.25, -0.2) is 0 Å². The van der Waals surface area contributed by atoms with E-state index in [0.29, 0.717) is 26.1 Å². The van der Waals surface area contributed by atoms with Gasteiger partial charge in [0.1, 0.15) is 0 Å². The zero-order valence-electron chi connectivity index (χ0n) is 9.90. The second kappa shape index (κ2) is 6.68. The molecule has 0 amide bonds.